The second kappa shape index (κ2) is 6.19. The minimum atomic E-state index is -3.40. The van der Waals surface area contributed by atoms with Crippen molar-refractivity contribution in [3.63, 3.8) is 0 Å². The molecule has 0 amide bonds. The molecule has 8 heteroatoms. The highest BCUT2D eigenvalue weighted by molar-refractivity contribution is 7.89. The molecular formula is C8H17ClN4O2S. The smallest absolute Gasteiger partial charge is 0.259 e. The summed E-state index contributed by atoms with van der Waals surface area (Å²) in [5.41, 5.74) is 0. The lowest BCUT2D eigenvalue weighted by Gasteiger charge is -2.16. The molecule has 0 bridgehead atoms. The SMILES string of the molecule is CNCCN(C)S(=O)(=O)c1ccnn1C.Cl. The van der Waals surface area contributed by atoms with E-state index < -0.39 is 10.0 Å². The van der Waals surface area contributed by atoms with Gasteiger partial charge in [-0.3, -0.25) is 4.68 Å². The molecule has 0 aliphatic rings. The zero-order valence-corrected chi connectivity index (χ0v) is 11.2. The van der Waals surface area contributed by atoms with E-state index >= 15 is 0 Å². The molecule has 0 saturated heterocycles. The average Bonchev–Trinajstić information content (AvgIpc) is 2.61. The average molecular weight is 269 g/mol. The van der Waals surface area contributed by atoms with Crippen LogP contribution in [-0.4, -0.2) is 49.7 Å². The predicted octanol–water partition coefficient (Wildman–Crippen LogP) is -0.318. The first-order chi connectivity index (χ1) is 7.00. The van der Waals surface area contributed by atoms with Gasteiger partial charge in [0.25, 0.3) is 10.0 Å². The number of halogens is 1. The van der Waals surface area contributed by atoms with E-state index in [0.717, 1.165) is 0 Å². The van der Waals surface area contributed by atoms with Crippen molar-refractivity contribution in [1.82, 2.24) is 19.4 Å². The lowest BCUT2D eigenvalue weighted by Crippen LogP contribution is -2.33. The maximum Gasteiger partial charge on any atom is 0.259 e. The van der Waals surface area contributed by atoms with Gasteiger partial charge in [-0.05, 0) is 13.1 Å². The Balaban J connectivity index is 0.00000225. The quantitative estimate of drug-likeness (QED) is 0.795. The highest BCUT2D eigenvalue weighted by atomic mass is 35.5. The largest absolute Gasteiger partial charge is 0.318 e. The first kappa shape index (κ1) is 15.4. The summed E-state index contributed by atoms with van der Waals surface area (Å²) in [7, 11) is 1.54. The Bertz CT molecular complexity index is 417. The van der Waals surface area contributed by atoms with E-state index in [-0.39, 0.29) is 17.4 Å². The van der Waals surface area contributed by atoms with Crippen LogP contribution in [0.5, 0.6) is 0 Å². The molecule has 0 atom stereocenters. The van der Waals surface area contributed by atoms with Crippen LogP contribution in [0.3, 0.4) is 0 Å². The first-order valence-electron chi connectivity index (χ1n) is 4.59. The third kappa shape index (κ3) is 3.18. The molecule has 0 unspecified atom stereocenters. The van der Waals surface area contributed by atoms with Crippen LogP contribution < -0.4 is 5.32 Å². The normalized spacial score (nSPS) is 11.5. The number of aromatic nitrogens is 2. The summed E-state index contributed by atoms with van der Waals surface area (Å²) in [5, 5.41) is 6.95. The lowest BCUT2D eigenvalue weighted by atomic mass is 10.6. The van der Waals surface area contributed by atoms with Gasteiger partial charge < -0.3 is 5.32 Å². The van der Waals surface area contributed by atoms with Crippen molar-refractivity contribution in [2.24, 2.45) is 7.05 Å². The molecule has 1 N–H and O–H groups in total. The standard InChI is InChI=1S/C8H16N4O2S.ClH/c1-9-6-7-11(2)15(13,14)8-4-5-10-12(8)3;/h4-5,9H,6-7H2,1-3H3;1H. The molecule has 1 aromatic heterocycles. The van der Waals surface area contributed by atoms with Crippen molar-refractivity contribution in [3.05, 3.63) is 12.3 Å². The van der Waals surface area contributed by atoms with Gasteiger partial charge in [-0.15, -0.1) is 12.4 Å². The molecule has 1 aromatic rings. The number of rotatable bonds is 5. The van der Waals surface area contributed by atoms with Crippen molar-refractivity contribution in [2.45, 2.75) is 5.03 Å². The van der Waals surface area contributed by atoms with E-state index in [0.29, 0.717) is 13.1 Å². The van der Waals surface area contributed by atoms with E-state index in [1.165, 1.54) is 21.3 Å². The predicted molar refractivity (Wildman–Crippen MR) is 64.2 cm³/mol. The summed E-state index contributed by atoms with van der Waals surface area (Å²) < 4.78 is 26.6. The molecule has 0 fully saturated rings. The van der Waals surface area contributed by atoms with Crippen LogP contribution in [0.1, 0.15) is 0 Å². The molecule has 6 nitrogen and oxygen atoms in total. The van der Waals surface area contributed by atoms with E-state index in [2.05, 4.69) is 10.4 Å². The Hall–Kier alpha value is -0.630. The highest BCUT2D eigenvalue weighted by Gasteiger charge is 2.22. The van der Waals surface area contributed by atoms with Crippen molar-refractivity contribution < 1.29 is 8.42 Å². The van der Waals surface area contributed by atoms with E-state index in [1.54, 1.807) is 21.1 Å². The van der Waals surface area contributed by atoms with Crippen molar-refractivity contribution in [3.8, 4) is 0 Å². The van der Waals surface area contributed by atoms with Gasteiger partial charge in [-0.25, -0.2) is 8.42 Å². The Morgan fingerprint density at radius 1 is 1.56 bits per heavy atom. The van der Waals surface area contributed by atoms with Gasteiger partial charge in [0.15, 0.2) is 5.03 Å². The molecule has 0 saturated carbocycles. The van der Waals surface area contributed by atoms with E-state index in [9.17, 15) is 8.42 Å². The highest BCUT2D eigenvalue weighted by Crippen LogP contribution is 2.11. The maximum absolute atomic E-state index is 12.0. The Labute approximate surface area is 102 Å². The van der Waals surface area contributed by atoms with Gasteiger partial charge in [0.2, 0.25) is 0 Å². The van der Waals surface area contributed by atoms with Gasteiger partial charge in [0.05, 0.1) is 6.20 Å². The molecule has 0 radical (unpaired) electrons. The van der Waals surface area contributed by atoms with Crippen LogP contribution >= 0.6 is 12.4 Å². The van der Waals surface area contributed by atoms with Crippen LogP contribution in [0, 0.1) is 0 Å². The molecule has 1 heterocycles. The molecular weight excluding hydrogens is 252 g/mol. The fraction of sp³-hybridized carbons (Fsp3) is 0.625. The third-order valence-corrected chi connectivity index (χ3v) is 4.06. The Kier molecular flexibility index (Phi) is 5.95. The van der Waals surface area contributed by atoms with E-state index in [1.807, 2.05) is 0 Å². The zero-order valence-electron chi connectivity index (χ0n) is 9.54. The molecule has 1 rings (SSSR count). The minimum absolute atomic E-state index is 0. The van der Waals surface area contributed by atoms with Gasteiger partial charge >= 0.3 is 0 Å². The first-order valence-corrected chi connectivity index (χ1v) is 6.03. The fourth-order valence-electron chi connectivity index (χ4n) is 1.16. The van der Waals surface area contributed by atoms with Crippen LogP contribution in [-0.2, 0) is 17.1 Å². The van der Waals surface area contributed by atoms with Crippen LogP contribution in [0.2, 0.25) is 0 Å². The van der Waals surface area contributed by atoms with Crippen LogP contribution in [0.15, 0.2) is 17.3 Å². The van der Waals surface area contributed by atoms with Crippen LogP contribution in [0.25, 0.3) is 0 Å². The van der Waals surface area contributed by atoms with Gasteiger partial charge in [0, 0.05) is 27.2 Å². The molecule has 0 spiro atoms. The zero-order chi connectivity index (χ0) is 11.5. The fourth-order valence-corrected chi connectivity index (χ4v) is 2.43. The number of nitrogens with zero attached hydrogens (tertiary/aromatic N) is 3. The maximum atomic E-state index is 12.0. The number of sulfonamides is 1. The summed E-state index contributed by atoms with van der Waals surface area (Å²) in [6.45, 7) is 1.05. The Morgan fingerprint density at radius 3 is 2.62 bits per heavy atom. The number of hydrogen-bond donors (Lipinski definition) is 1. The van der Waals surface area contributed by atoms with Crippen LogP contribution in [0.4, 0.5) is 0 Å². The number of likely N-dealkylation sites (N-methyl/N-ethyl adjacent to an activating group) is 2. The van der Waals surface area contributed by atoms with Crippen molar-refractivity contribution in [2.75, 3.05) is 27.2 Å². The van der Waals surface area contributed by atoms with E-state index in [4.69, 9.17) is 0 Å². The molecule has 0 aromatic carbocycles. The second-order valence-electron chi connectivity index (χ2n) is 3.22. The topological polar surface area (TPSA) is 67.2 Å². The number of nitrogens with one attached hydrogen (secondary N) is 1. The van der Waals surface area contributed by atoms with Gasteiger partial charge in [-0.2, -0.15) is 9.40 Å². The van der Waals surface area contributed by atoms with Crippen molar-refractivity contribution >= 4 is 22.4 Å². The summed E-state index contributed by atoms with van der Waals surface area (Å²) in [6.07, 6.45) is 1.47. The third-order valence-electron chi connectivity index (χ3n) is 2.13. The number of aryl methyl sites for hydroxylation is 1. The molecule has 16 heavy (non-hydrogen) atoms. The summed E-state index contributed by atoms with van der Waals surface area (Å²) in [6, 6.07) is 1.49. The minimum Gasteiger partial charge on any atom is -0.318 e. The lowest BCUT2D eigenvalue weighted by molar-refractivity contribution is 0.457. The van der Waals surface area contributed by atoms with Gasteiger partial charge in [0.1, 0.15) is 0 Å². The Morgan fingerprint density at radius 2 is 2.19 bits per heavy atom. The molecule has 0 aliphatic carbocycles. The molecule has 94 valence electrons. The summed E-state index contributed by atoms with van der Waals surface area (Å²) >= 11 is 0. The number of hydrogen-bond acceptors (Lipinski definition) is 4. The molecule has 0 aliphatic heterocycles. The summed E-state index contributed by atoms with van der Waals surface area (Å²) in [4.78, 5) is 0. The summed E-state index contributed by atoms with van der Waals surface area (Å²) in [5.74, 6) is 0. The van der Waals surface area contributed by atoms with Crippen molar-refractivity contribution in [1.29, 1.82) is 0 Å². The monoisotopic (exact) mass is 268 g/mol. The second-order valence-corrected chi connectivity index (χ2v) is 5.21. The van der Waals surface area contributed by atoms with Gasteiger partial charge in [-0.1, -0.05) is 0 Å².